The van der Waals surface area contributed by atoms with Crippen LogP contribution < -0.4 is 4.72 Å². The number of nitrogens with one attached hydrogen (secondary N) is 1. The van der Waals surface area contributed by atoms with E-state index in [0.717, 1.165) is 15.4 Å². The van der Waals surface area contributed by atoms with Gasteiger partial charge in [-0.05, 0) is 12.5 Å². The molecule has 86 valence electrons. The van der Waals surface area contributed by atoms with E-state index < -0.39 is 16.1 Å². The minimum Gasteiger partial charge on any atom is -0.272 e. The lowest BCUT2D eigenvalue weighted by Gasteiger charge is -2.11. The monoisotopic (exact) mass is 240 g/mol. The molecule has 0 atom stereocenters. The number of hydrogen-bond donors (Lipinski definition) is 1. The summed E-state index contributed by atoms with van der Waals surface area (Å²) in [5.74, 6) is -0.480. The van der Waals surface area contributed by atoms with Crippen molar-refractivity contribution in [3.8, 4) is 0 Å². The van der Waals surface area contributed by atoms with Crippen molar-refractivity contribution in [2.45, 2.75) is 13.5 Å². The molecular formula is C10H12N2O3S. The fraction of sp³-hybridized carbons (Fsp3) is 0.300. The Kier molecular flexibility index (Phi) is 2.69. The average molecular weight is 240 g/mol. The number of hydrogen-bond acceptors (Lipinski definition) is 3. The van der Waals surface area contributed by atoms with Crippen molar-refractivity contribution in [3.05, 3.63) is 35.4 Å². The first kappa shape index (κ1) is 11.1. The molecule has 1 amide bonds. The van der Waals surface area contributed by atoms with Crippen molar-refractivity contribution in [3.63, 3.8) is 0 Å². The second kappa shape index (κ2) is 3.88. The summed E-state index contributed by atoms with van der Waals surface area (Å²) in [5.41, 5.74) is 1.98. The van der Waals surface area contributed by atoms with Crippen LogP contribution in [-0.4, -0.2) is 25.2 Å². The van der Waals surface area contributed by atoms with Gasteiger partial charge in [0, 0.05) is 6.54 Å². The van der Waals surface area contributed by atoms with Crippen LogP contribution in [0, 0.1) is 6.92 Å². The summed E-state index contributed by atoms with van der Waals surface area (Å²) in [6.07, 6.45) is 0. The number of carbonyl (C=O) groups is 1. The predicted molar refractivity (Wildman–Crippen MR) is 58.7 cm³/mol. The number of nitrogens with zero attached hydrogens (tertiary/aromatic N) is 1. The van der Waals surface area contributed by atoms with Crippen molar-refractivity contribution in [1.29, 1.82) is 0 Å². The van der Waals surface area contributed by atoms with Gasteiger partial charge in [-0.3, -0.25) is 4.79 Å². The fourth-order valence-corrected chi connectivity index (χ4v) is 2.61. The van der Waals surface area contributed by atoms with Gasteiger partial charge >= 0.3 is 10.2 Å². The zero-order chi connectivity index (χ0) is 11.8. The van der Waals surface area contributed by atoms with Gasteiger partial charge in [-0.15, -0.1) is 0 Å². The molecule has 1 aromatic rings. The lowest BCUT2D eigenvalue weighted by molar-refractivity contribution is -0.118. The fourth-order valence-electron chi connectivity index (χ4n) is 1.52. The van der Waals surface area contributed by atoms with Crippen molar-refractivity contribution >= 4 is 16.1 Å². The number of carbonyl (C=O) groups excluding carboxylic acids is 1. The van der Waals surface area contributed by atoms with Crippen LogP contribution >= 0.6 is 0 Å². The predicted octanol–water partition coefficient (Wildman–Crippen LogP) is 0.172. The first-order valence-corrected chi connectivity index (χ1v) is 6.28. The zero-order valence-corrected chi connectivity index (χ0v) is 9.62. The molecule has 0 radical (unpaired) electrons. The molecule has 1 heterocycles. The second-order valence-electron chi connectivity index (χ2n) is 3.78. The molecule has 0 aromatic heterocycles. The van der Waals surface area contributed by atoms with Gasteiger partial charge in [-0.25, -0.2) is 4.72 Å². The molecule has 0 bridgehead atoms. The average Bonchev–Trinajstić information content (AvgIpc) is 2.43. The molecule has 0 aliphatic carbocycles. The van der Waals surface area contributed by atoms with E-state index in [2.05, 4.69) is 0 Å². The van der Waals surface area contributed by atoms with E-state index in [1.54, 1.807) is 0 Å². The molecule has 0 saturated carbocycles. The number of benzene rings is 1. The van der Waals surface area contributed by atoms with Crippen LogP contribution in [0.2, 0.25) is 0 Å². The third-order valence-corrected chi connectivity index (χ3v) is 3.81. The lowest BCUT2D eigenvalue weighted by Crippen LogP contribution is -2.29. The van der Waals surface area contributed by atoms with E-state index in [9.17, 15) is 13.2 Å². The molecule has 1 aromatic carbocycles. The van der Waals surface area contributed by atoms with Crippen LogP contribution in [0.25, 0.3) is 0 Å². The third-order valence-electron chi connectivity index (χ3n) is 2.38. The Morgan fingerprint density at radius 3 is 2.44 bits per heavy atom. The minimum atomic E-state index is -3.61. The van der Waals surface area contributed by atoms with Crippen LogP contribution in [0.1, 0.15) is 11.1 Å². The SMILES string of the molecule is Cc1ccc(CN2CC(=O)NS2(=O)=O)cc1. The Morgan fingerprint density at radius 2 is 1.94 bits per heavy atom. The quantitative estimate of drug-likeness (QED) is 0.801. The summed E-state index contributed by atoms with van der Waals surface area (Å²) >= 11 is 0. The Labute approximate surface area is 94.3 Å². The van der Waals surface area contributed by atoms with Crippen molar-refractivity contribution in [2.24, 2.45) is 0 Å². The highest BCUT2D eigenvalue weighted by molar-refractivity contribution is 7.88. The highest BCUT2D eigenvalue weighted by atomic mass is 32.2. The summed E-state index contributed by atoms with van der Waals surface area (Å²) in [7, 11) is -3.61. The van der Waals surface area contributed by atoms with E-state index >= 15 is 0 Å². The van der Waals surface area contributed by atoms with Crippen LogP contribution in [0.3, 0.4) is 0 Å². The Bertz CT molecular complexity index is 507. The number of rotatable bonds is 2. The van der Waals surface area contributed by atoms with Gasteiger partial charge in [0.25, 0.3) is 0 Å². The largest absolute Gasteiger partial charge is 0.304 e. The van der Waals surface area contributed by atoms with E-state index in [1.165, 1.54) is 0 Å². The molecule has 1 saturated heterocycles. The van der Waals surface area contributed by atoms with E-state index in [4.69, 9.17) is 0 Å². The maximum atomic E-state index is 11.4. The molecular weight excluding hydrogens is 228 g/mol. The van der Waals surface area contributed by atoms with Crippen LogP contribution in [0.15, 0.2) is 24.3 Å². The van der Waals surface area contributed by atoms with Crippen LogP contribution in [-0.2, 0) is 21.5 Å². The van der Waals surface area contributed by atoms with Gasteiger partial charge in [0.15, 0.2) is 0 Å². The zero-order valence-electron chi connectivity index (χ0n) is 8.80. The molecule has 2 rings (SSSR count). The summed E-state index contributed by atoms with van der Waals surface area (Å²) in [6.45, 7) is 2.08. The topological polar surface area (TPSA) is 66.5 Å². The molecule has 16 heavy (non-hydrogen) atoms. The van der Waals surface area contributed by atoms with Gasteiger partial charge < -0.3 is 0 Å². The Balaban J connectivity index is 2.16. The highest BCUT2D eigenvalue weighted by Crippen LogP contribution is 2.12. The normalized spacial score (nSPS) is 19.7. The number of aryl methyl sites for hydroxylation is 1. The Hall–Kier alpha value is -1.40. The molecule has 6 heteroatoms. The molecule has 1 N–H and O–H groups in total. The van der Waals surface area contributed by atoms with E-state index in [0.29, 0.717) is 0 Å². The maximum absolute atomic E-state index is 11.4. The van der Waals surface area contributed by atoms with Crippen LogP contribution in [0.4, 0.5) is 0 Å². The maximum Gasteiger partial charge on any atom is 0.304 e. The molecule has 1 fully saturated rings. The van der Waals surface area contributed by atoms with Crippen LogP contribution in [0.5, 0.6) is 0 Å². The summed E-state index contributed by atoms with van der Waals surface area (Å²) in [6, 6.07) is 7.53. The van der Waals surface area contributed by atoms with Crippen molar-refractivity contribution in [1.82, 2.24) is 9.03 Å². The molecule has 5 nitrogen and oxygen atoms in total. The minimum absolute atomic E-state index is 0.101. The van der Waals surface area contributed by atoms with Gasteiger partial charge in [0.2, 0.25) is 5.91 Å². The second-order valence-corrected chi connectivity index (χ2v) is 5.45. The lowest BCUT2D eigenvalue weighted by atomic mass is 10.1. The molecule has 0 unspecified atom stereocenters. The van der Waals surface area contributed by atoms with Crippen molar-refractivity contribution < 1.29 is 13.2 Å². The first-order valence-electron chi connectivity index (χ1n) is 4.84. The summed E-state index contributed by atoms with van der Waals surface area (Å²) < 4.78 is 25.9. The van der Waals surface area contributed by atoms with Gasteiger partial charge in [0.05, 0.1) is 6.54 Å². The van der Waals surface area contributed by atoms with Gasteiger partial charge in [-0.2, -0.15) is 12.7 Å². The highest BCUT2D eigenvalue weighted by Gasteiger charge is 2.33. The molecule has 1 aliphatic rings. The third kappa shape index (κ3) is 2.23. The first-order chi connectivity index (χ1) is 7.47. The standard InChI is InChI=1S/C10H12N2O3S/c1-8-2-4-9(5-3-8)6-12-7-10(13)11-16(12,14)15/h2-5H,6-7H2,1H3,(H,11,13). The Morgan fingerprint density at radius 1 is 1.31 bits per heavy atom. The van der Waals surface area contributed by atoms with Gasteiger partial charge in [0.1, 0.15) is 0 Å². The molecule has 0 spiro atoms. The van der Waals surface area contributed by atoms with E-state index in [-0.39, 0.29) is 13.1 Å². The summed E-state index contributed by atoms with van der Waals surface area (Å²) in [5, 5.41) is 0. The van der Waals surface area contributed by atoms with E-state index in [1.807, 2.05) is 35.9 Å². The van der Waals surface area contributed by atoms with Crippen molar-refractivity contribution in [2.75, 3.05) is 6.54 Å². The van der Waals surface area contributed by atoms with Gasteiger partial charge in [-0.1, -0.05) is 29.8 Å². The smallest absolute Gasteiger partial charge is 0.272 e. The number of amides is 1. The summed E-state index contributed by atoms with van der Waals surface area (Å²) in [4.78, 5) is 11.0. The molecule has 1 aliphatic heterocycles.